The second kappa shape index (κ2) is 11.4. The van der Waals surface area contributed by atoms with E-state index in [0.29, 0.717) is 35.2 Å². The van der Waals surface area contributed by atoms with Crippen LogP contribution in [0.3, 0.4) is 0 Å². The Morgan fingerprint density at radius 1 is 1.13 bits per heavy atom. The van der Waals surface area contributed by atoms with Crippen LogP contribution in [-0.4, -0.2) is 54.3 Å². The summed E-state index contributed by atoms with van der Waals surface area (Å²) in [5.74, 6) is 1.15. The molecule has 38 heavy (non-hydrogen) atoms. The zero-order valence-electron chi connectivity index (χ0n) is 21.8. The Labute approximate surface area is 221 Å². The molecule has 3 aromatic rings. The molecule has 1 saturated heterocycles. The van der Waals surface area contributed by atoms with E-state index in [0.717, 1.165) is 15.6 Å². The van der Waals surface area contributed by atoms with Gasteiger partial charge in [0.15, 0.2) is 5.82 Å². The van der Waals surface area contributed by atoms with E-state index >= 15 is 0 Å². The summed E-state index contributed by atoms with van der Waals surface area (Å²) >= 11 is 0. The molecule has 1 atom stereocenters. The molecule has 0 bridgehead atoms. The molecule has 1 N–H and O–H groups in total. The monoisotopic (exact) mass is 542 g/mol. The number of ether oxygens (including phenoxy) is 2. The molecule has 1 aromatic heterocycles. The van der Waals surface area contributed by atoms with E-state index in [4.69, 9.17) is 9.47 Å². The summed E-state index contributed by atoms with van der Waals surface area (Å²) in [4.78, 5) is 13.1. The third kappa shape index (κ3) is 6.59. The Morgan fingerprint density at radius 2 is 1.84 bits per heavy atom. The van der Waals surface area contributed by atoms with Crippen LogP contribution in [0.15, 0.2) is 65.1 Å². The number of carbonyl (C=O) groups is 1. The molecular formula is C27H31FN4O5S. The molecule has 1 aliphatic heterocycles. The van der Waals surface area contributed by atoms with E-state index < -0.39 is 16.2 Å². The molecule has 1 aliphatic rings. The molecule has 2 aromatic carbocycles. The standard InChI is InChI=1S/C27H31FN4O5S/c1-18(2)10-12-36-23-14-20(27(33)29-26-13-19(3)31(4)30-26)15-24(16-23)37-22-5-7-25(8-6-22)38(34,35)32-11-9-21(28)17-32/h5-8,10,13-16,21H,9,11-12,17H2,1-4H3,(H,29,30,33)/t21-/m0/s1. The minimum atomic E-state index is -3.78. The van der Waals surface area contributed by atoms with Gasteiger partial charge in [0.25, 0.3) is 5.91 Å². The van der Waals surface area contributed by atoms with Crippen LogP contribution in [0.4, 0.5) is 10.2 Å². The second-order valence-electron chi connectivity index (χ2n) is 9.36. The van der Waals surface area contributed by atoms with Crippen LogP contribution in [0, 0.1) is 6.92 Å². The fourth-order valence-corrected chi connectivity index (χ4v) is 5.31. The lowest BCUT2D eigenvalue weighted by Gasteiger charge is -2.16. The summed E-state index contributed by atoms with van der Waals surface area (Å²) in [6.07, 6.45) is 0.961. The third-order valence-electron chi connectivity index (χ3n) is 6.03. The van der Waals surface area contributed by atoms with Crippen molar-refractivity contribution < 1.29 is 27.1 Å². The van der Waals surface area contributed by atoms with Crippen molar-refractivity contribution in [1.82, 2.24) is 14.1 Å². The Hall–Kier alpha value is -3.70. The highest BCUT2D eigenvalue weighted by Gasteiger charge is 2.32. The Kier molecular flexibility index (Phi) is 8.17. The van der Waals surface area contributed by atoms with E-state index in [1.165, 1.54) is 24.3 Å². The third-order valence-corrected chi connectivity index (χ3v) is 7.91. The predicted octanol–water partition coefficient (Wildman–Crippen LogP) is 4.85. The number of rotatable bonds is 9. The molecule has 0 unspecified atom stereocenters. The zero-order valence-corrected chi connectivity index (χ0v) is 22.6. The van der Waals surface area contributed by atoms with Gasteiger partial charge in [-0.3, -0.25) is 9.48 Å². The highest BCUT2D eigenvalue weighted by atomic mass is 32.2. The molecule has 4 rings (SSSR count). The highest BCUT2D eigenvalue weighted by Crippen LogP contribution is 2.30. The van der Waals surface area contributed by atoms with Gasteiger partial charge in [-0.15, -0.1) is 0 Å². The Morgan fingerprint density at radius 3 is 2.45 bits per heavy atom. The Balaban J connectivity index is 1.55. The van der Waals surface area contributed by atoms with Gasteiger partial charge in [-0.25, -0.2) is 12.8 Å². The summed E-state index contributed by atoms with van der Waals surface area (Å²) in [7, 11) is -2.00. The van der Waals surface area contributed by atoms with Crippen LogP contribution in [0.25, 0.3) is 0 Å². The quantitative estimate of drug-likeness (QED) is 0.388. The average Bonchev–Trinajstić information content (AvgIpc) is 3.44. The van der Waals surface area contributed by atoms with Gasteiger partial charge < -0.3 is 14.8 Å². The molecule has 11 heteroatoms. The van der Waals surface area contributed by atoms with Gasteiger partial charge in [-0.05, 0) is 69.7 Å². The van der Waals surface area contributed by atoms with Crippen LogP contribution in [-0.2, 0) is 17.1 Å². The van der Waals surface area contributed by atoms with Gasteiger partial charge in [-0.1, -0.05) is 5.57 Å². The fourth-order valence-electron chi connectivity index (χ4n) is 3.83. The number of aryl methyl sites for hydroxylation is 2. The number of anilines is 1. The fraction of sp³-hybridized carbons (Fsp3) is 0.333. The lowest BCUT2D eigenvalue weighted by molar-refractivity contribution is 0.102. The maximum Gasteiger partial charge on any atom is 0.257 e. The van der Waals surface area contributed by atoms with Crippen molar-refractivity contribution in [1.29, 1.82) is 0 Å². The molecule has 0 radical (unpaired) electrons. The first-order valence-corrected chi connectivity index (χ1v) is 13.6. The summed E-state index contributed by atoms with van der Waals surface area (Å²) in [5.41, 5.74) is 2.28. The van der Waals surface area contributed by atoms with Gasteiger partial charge in [0.1, 0.15) is 30.0 Å². The minimum Gasteiger partial charge on any atom is -0.489 e. The lowest BCUT2D eigenvalue weighted by Crippen LogP contribution is -2.29. The molecule has 202 valence electrons. The summed E-state index contributed by atoms with van der Waals surface area (Å²) in [6.45, 7) is 6.13. The van der Waals surface area contributed by atoms with Crippen molar-refractivity contribution in [3.8, 4) is 17.2 Å². The molecule has 9 nitrogen and oxygen atoms in total. The van der Waals surface area contributed by atoms with Crippen molar-refractivity contribution in [2.45, 2.75) is 38.3 Å². The maximum absolute atomic E-state index is 13.5. The van der Waals surface area contributed by atoms with Gasteiger partial charge in [0.2, 0.25) is 10.0 Å². The molecule has 2 heterocycles. The number of aromatic nitrogens is 2. The number of nitrogens with one attached hydrogen (secondary N) is 1. The smallest absolute Gasteiger partial charge is 0.257 e. The normalized spacial score (nSPS) is 15.8. The van der Waals surface area contributed by atoms with Crippen LogP contribution in [0.1, 0.15) is 36.3 Å². The number of carbonyl (C=O) groups excluding carboxylic acids is 1. The van der Waals surface area contributed by atoms with Crippen molar-refractivity contribution in [2.24, 2.45) is 7.05 Å². The Bertz CT molecular complexity index is 1430. The van der Waals surface area contributed by atoms with Crippen LogP contribution < -0.4 is 14.8 Å². The number of alkyl halides is 1. The van der Waals surface area contributed by atoms with Crippen LogP contribution >= 0.6 is 0 Å². The number of benzene rings is 2. The summed E-state index contributed by atoms with van der Waals surface area (Å²) < 4.78 is 53.7. The van der Waals surface area contributed by atoms with Crippen molar-refractivity contribution in [3.05, 3.63) is 71.4 Å². The largest absolute Gasteiger partial charge is 0.489 e. The molecule has 1 fully saturated rings. The first kappa shape index (κ1) is 27.3. The minimum absolute atomic E-state index is 0.0588. The molecule has 0 saturated carbocycles. The summed E-state index contributed by atoms with van der Waals surface area (Å²) in [5, 5.41) is 7.03. The first-order chi connectivity index (χ1) is 18.0. The van der Waals surface area contributed by atoms with E-state index in [2.05, 4.69) is 10.4 Å². The first-order valence-electron chi connectivity index (χ1n) is 12.2. The maximum atomic E-state index is 13.5. The number of hydrogen-bond donors (Lipinski definition) is 1. The topological polar surface area (TPSA) is 103 Å². The number of halogens is 1. The number of allylic oxidation sites excluding steroid dienone is 1. The van der Waals surface area contributed by atoms with Crippen molar-refractivity contribution in [3.63, 3.8) is 0 Å². The lowest BCUT2D eigenvalue weighted by atomic mass is 10.2. The average molecular weight is 543 g/mol. The zero-order chi connectivity index (χ0) is 27.4. The van der Waals surface area contributed by atoms with Gasteiger partial charge in [0, 0.05) is 43.5 Å². The number of hydrogen-bond acceptors (Lipinski definition) is 6. The number of amides is 1. The van der Waals surface area contributed by atoms with Crippen molar-refractivity contribution >= 4 is 21.7 Å². The molecular weight excluding hydrogens is 511 g/mol. The second-order valence-corrected chi connectivity index (χ2v) is 11.3. The van der Waals surface area contributed by atoms with E-state index in [1.807, 2.05) is 26.8 Å². The van der Waals surface area contributed by atoms with Gasteiger partial charge in [0.05, 0.1) is 4.90 Å². The highest BCUT2D eigenvalue weighted by molar-refractivity contribution is 7.89. The van der Waals surface area contributed by atoms with Crippen LogP contribution in [0.5, 0.6) is 17.2 Å². The number of nitrogens with zero attached hydrogens (tertiary/aromatic N) is 3. The van der Waals surface area contributed by atoms with E-state index in [1.54, 1.807) is 36.0 Å². The van der Waals surface area contributed by atoms with Crippen LogP contribution in [0.2, 0.25) is 0 Å². The number of sulfonamides is 1. The van der Waals surface area contributed by atoms with Crippen molar-refractivity contribution in [2.75, 3.05) is 25.0 Å². The predicted molar refractivity (Wildman–Crippen MR) is 142 cm³/mol. The SMILES string of the molecule is CC(C)=CCOc1cc(Oc2ccc(S(=O)(=O)N3CC[C@H](F)C3)cc2)cc(C(=O)Nc2cc(C)n(C)n2)c1. The molecule has 1 amide bonds. The van der Waals surface area contributed by atoms with E-state index in [-0.39, 0.29) is 30.3 Å². The molecule has 0 spiro atoms. The van der Waals surface area contributed by atoms with Gasteiger partial charge >= 0.3 is 0 Å². The van der Waals surface area contributed by atoms with E-state index in [9.17, 15) is 17.6 Å². The summed E-state index contributed by atoms with van der Waals surface area (Å²) in [6, 6.07) is 12.5. The van der Waals surface area contributed by atoms with Gasteiger partial charge in [-0.2, -0.15) is 9.40 Å². The molecule has 0 aliphatic carbocycles.